The molecule has 3 rings (SSSR count). The summed E-state index contributed by atoms with van der Waals surface area (Å²) in [4.78, 5) is 31.1. The molecule has 2 atom stereocenters. The van der Waals surface area contributed by atoms with Crippen molar-refractivity contribution in [2.24, 2.45) is 5.41 Å². The van der Waals surface area contributed by atoms with Gasteiger partial charge in [-0.25, -0.2) is 4.79 Å². The number of aromatic nitrogens is 1. The third kappa shape index (κ3) is 5.51. The van der Waals surface area contributed by atoms with Crippen molar-refractivity contribution in [3.05, 3.63) is 29.1 Å². The van der Waals surface area contributed by atoms with Crippen LogP contribution in [0.1, 0.15) is 63.3 Å². The lowest BCUT2D eigenvalue weighted by molar-refractivity contribution is -0.144. The highest BCUT2D eigenvalue weighted by Crippen LogP contribution is 2.43. The van der Waals surface area contributed by atoms with Gasteiger partial charge in [0.05, 0.1) is 11.0 Å². The Labute approximate surface area is 185 Å². The molecule has 32 heavy (non-hydrogen) atoms. The zero-order valence-electron chi connectivity index (χ0n) is 18.6. The summed E-state index contributed by atoms with van der Waals surface area (Å²) in [5, 5.41) is 12.4. The maximum atomic E-state index is 13.5. The van der Waals surface area contributed by atoms with Gasteiger partial charge < -0.3 is 20.1 Å². The second-order valence-corrected chi connectivity index (χ2v) is 9.64. The van der Waals surface area contributed by atoms with Gasteiger partial charge >= 0.3 is 12.3 Å². The van der Waals surface area contributed by atoms with Crippen LogP contribution < -0.4 is 5.32 Å². The molecule has 10 heteroatoms. The van der Waals surface area contributed by atoms with Crippen LogP contribution in [0.15, 0.2) is 12.3 Å². The number of aliphatic hydroxyl groups excluding tert-OH is 1. The van der Waals surface area contributed by atoms with Crippen molar-refractivity contribution in [3.8, 4) is 0 Å². The quantitative estimate of drug-likeness (QED) is 0.723. The molecule has 2 N–H and O–H groups in total. The van der Waals surface area contributed by atoms with Gasteiger partial charge in [-0.1, -0.05) is 0 Å². The van der Waals surface area contributed by atoms with Crippen LogP contribution in [0.25, 0.3) is 0 Å². The van der Waals surface area contributed by atoms with Crippen LogP contribution in [-0.2, 0) is 28.7 Å². The van der Waals surface area contributed by atoms with Gasteiger partial charge in [0, 0.05) is 44.0 Å². The Morgan fingerprint density at radius 3 is 2.69 bits per heavy atom. The highest BCUT2D eigenvalue weighted by atomic mass is 19.4. The third-order valence-electron chi connectivity index (χ3n) is 6.03. The van der Waals surface area contributed by atoms with Crippen molar-refractivity contribution in [1.29, 1.82) is 0 Å². The molecule has 0 bridgehead atoms. The Morgan fingerprint density at radius 1 is 1.34 bits per heavy atom. The highest BCUT2D eigenvalue weighted by Gasteiger charge is 2.47. The molecule has 2 heterocycles. The standard InChI is InChI=1S/C22H30F3N3O4/c1-20(2,3)32-19(31)27-16-4-6-21(11-16,7-9-29)18(30)28-8-5-17-14(13-28)10-15(12-26-17)22(23,24)25/h10,12,16,29H,4-9,11,13H2,1-3H3,(H,27,31)/t16-,21-/m1/s1. The van der Waals surface area contributed by atoms with E-state index in [0.29, 0.717) is 43.5 Å². The Morgan fingerprint density at radius 2 is 2.06 bits per heavy atom. The molecular formula is C22H30F3N3O4. The fourth-order valence-electron chi connectivity index (χ4n) is 4.56. The number of hydrogen-bond donors (Lipinski definition) is 2. The molecule has 1 saturated carbocycles. The molecule has 0 saturated heterocycles. The normalized spacial score (nSPS) is 23.6. The van der Waals surface area contributed by atoms with Crippen molar-refractivity contribution in [2.45, 2.75) is 77.2 Å². The van der Waals surface area contributed by atoms with Gasteiger partial charge in [0.2, 0.25) is 5.91 Å². The third-order valence-corrected chi connectivity index (χ3v) is 6.03. The van der Waals surface area contributed by atoms with E-state index in [1.165, 1.54) is 0 Å². The first-order chi connectivity index (χ1) is 14.8. The van der Waals surface area contributed by atoms with Crippen molar-refractivity contribution in [2.75, 3.05) is 13.2 Å². The summed E-state index contributed by atoms with van der Waals surface area (Å²) in [5.41, 5.74) is -1.40. The zero-order valence-corrected chi connectivity index (χ0v) is 18.6. The summed E-state index contributed by atoms with van der Waals surface area (Å²) in [5.74, 6) is -0.205. The van der Waals surface area contributed by atoms with Crippen molar-refractivity contribution >= 4 is 12.0 Å². The fraction of sp³-hybridized carbons (Fsp3) is 0.682. The second kappa shape index (κ2) is 8.88. The molecule has 1 fully saturated rings. The lowest BCUT2D eigenvalue weighted by atomic mass is 9.80. The number of ether oxygens (including phenoxy) is 1. The predicted molar refractivity (Wildman–Crippen MR) is 110 cm³/mol. The van der Waals surface area contributed by atoms with Crippen LogP contribution >= 0.6 is 0 Å². The maximum Gasteiger partial charge on any atom is 0.417 e. The smallest absolute Gasteiger partial charge is 0.417 e. The number of alkyl carbamates (subject to hydrolysis) is 1. The molecule has 1 aromatic rings. The summed E-state index contributed by atoms with van der Waals surface area (Å²) >= 11 is 0. The Kier molecular flexibility index (Phi) is 6.74. The topological polar surface area (TPSA) is 91.8 Å². The van der Waals surface area contributed by atoms with E-state index < -0.39 is 28.8 Å². The number of carbonyl (C=O) groups is 2. The van der Waals surface area contributed by atoms with E-state index in [-0.39, 0.29) is 31.5 Å². The van der Waals surface area contributed by atoms with Crippen LogP contribution in [0.4, 0.5) is 18.0 Å². The van der Waals surface area contributed by atoms with E-state index in [2.05, 4.69) is 10.3 Å². The number of halogens is 3. The molecule has 0 radical (unpaired) electrons. The SMILES string of the molecule is CC(C)(C)OC(=O)N[C@@H]1CC[C@](CCO)(C(=O)N2CCc3ncc(C(F)(F)F)cc3C2)C1. The molecule has 2 aliphatic rings. The van der Waals surface area contributed by atoms with Crippen molar-refractivity contribution in [3.63, 3.8) is 0 Å². The van der Waals surface area contributed by atoms with Gasteiger partial charge in [-0.2, -0.15) is 13.2 Å². The fourth-order valence-corrected chi connectivity index (χ4v) is 4.56. The van der Waals surface area contributed by atoms with E-state index in [1.807, 2.05) is 0 Å². The molecular weight excluding hydrogens is 427 g/mol. The first kappa shape index (κ1) is 24.3. The molecule has 178 valence electrons. The van der Waals surface area contributed by atoms with Crippen molar-refractivity contribution in [1.82, 2.24) is 15.2 Å². The Bertz CT molecular complexity index is 869. The molecule has 0 aromatic carbocycles. The lowest BCUT2D eigenvalue weighted by Gasteiger charge is -2.37. The van der Waals surface area contributed by atoms with Crippen LogP contribution in [0, 0.1) is 5.41 Å². The van der Waals surface area contributed by atoms with Gasteiger partial charge in [-0.05, 0) is 58.1 Å². The molecule has 1 aliphatic carbocycles. The van der Waals surface area contributed by atoms with Crippen LogP contribution in [-0.4, -0.2) is 51.8 Å². The number of pyridine rings is 1. The second-order valence-electron chi connectivity index (χ2n) is 9.64. The van der Waals surface area contributed by atoms with Crippen LogP contribution in [0.3, 0.4) is 0 Å². The van der Waals surface area contributed by atoms with E-state index in [9.17, 15) is 27.9 Å². The number of nitrogens with zero attached hydrogens (tertiary/aromatic N) is 2. The first-order valence-corrected chi connectivity index (χ1v) is 10.8. The molecule has 1 aliphatic heterocycles. The van der Waals surface area contributed by atoms with Gasteiger partial charge in [-0.3, -0.25) is 9.78 Å². The van der Waals surface area contributed by atoms with Gasteiger partial charge in [0.25, 0.3) is 0 Å². The van der Waals surface area contributed by atoms with Crippen molar-refractivity contribution < 1.29 is 32.6 Å². The van der Waals surface area contributed by atoms with E-state index >= 15 is 0 Å². The molecule has 0 spiro atoms. The summed E-state index contributed by atoms with van der Waals surface area (Å²) in [6.07, 6.45) is -2.28. The van der Waals surface area contributed by atoms with E-state index in [1.54, 1.807) is 25.7 Å². The minimum atomic E-state index is -4.50. The first-order valence-electron chi connectivity index (χ1n) is 10.8. The molecule has 0 unspecified atom stereocenters. The maximum absolute atomic E-state index is 13.5. The van der Waals surface area contributed by atoms with E-state index in [4.69, 9.17) is 4.74 Å². The summed E-state index contributed by atoms with van der Waals surface area (Å²) < 4.78 is 44.5. The molecule has 2 amide bonds. The number of aliphatic hydroxyl groups is 1. The molecule has 7 nitrogen and oxygen atoms in total. The predicted octanol–water partition coefficient (Wildman–Crippen LogP) is 3.43. The minimum Gasteiger partial charge on any atom is -0.444 e. The van der Waals surface area contributed by atoms with Gasteiger partial charge in [0.15, 0.2) is 0 Å². The summed E-state index contributed by atoms with van der Waals surface area (Å²) in [6.45, 7) is 5.47. The van der Waals surface area contributed by atoms with E-state index in [0.717, 1.165) is 12.3 Å². The van der Waals surface area contributed by atoms with Crippen LogP contribution in [0.2, 0.25) is 0 Å². The Balaban J connectivity index is 1.73. The number of nitrogens with one attached hydrogen (secondary N) is 1. The zero-order chi connectivity index (χ0) is 23.7. The summed E-state index contributed by atoms with van der Waals surface area (Å²) in [6, 6.07) is 0.776. The number of alkyl halides is 3. The minimum absolute atomic E-state index is 0.0441. The average molecular weight is 457 g/mol. The van der Waals surface area contributed by atoms with Gasteiger partial charge in [-0.15, -0.1) is 0 Å². The number of fused-ring (bicyclic) bond motifs is 1. The summed E-state index contributed by atoms with van der Waals surface area (Å²) in [7, 11) is 0. The number of hydrogen-bond acceptors (Lipinski definition) is 5. The number of rotatable bonds is 4. The molecule has 1 aromatic heterocycles. The highest BCUT2D eigenvalue weighted by molar-refractivity contribution is 5.83. The van der Waals surface area contributed by atoms with Crippen LogP contribution in [0.5, 0.6) is 0 Å². The largest absolute Gasteiger partial charge is 0.444 e. The number of carbonyl (C=O) groups excluding carboxylic acids is 2. The Hall–Kier alpha value is -2.36. The number of amides is 2. The average Bonchev–Trinajstić information content (AvgIpc) is 3.08. The monoisotopic (exact) mass is 457 g/mol. The lowest BCUT2D eigenvalue weighted by Crippen LogP contribution is -2.47. The van der Waals surface area contributed by atoms with Gasteiger partial charge in [0.1, 0.15) is 5.60 Å².